The lowest BCUT2D eigenvalue weighted by atomic mass is 10.2. The highest BCUT2D eigenvalue weighted by Crippen LogP contribution is 2.12. The molecule has 1 atom stereocenters. The fourth-order valence-electron chi connectivity index (χ4n) is 2.74. The topological polar surface area (TPSA) is 60.5 Å². The van der Waals surface area contributed by atoms with Gasteiger partial charge in [0.05, 0.1) is 6.54 Å². The number of carbonyl (C=O) groups is 1. The summed E-state index contributed by atoms with van der Waals surface area (Å²) in [6, 6.07) is 4.59. The van der Waals surface area contributed by atoms with Crippen molar-refractivity contribution in [3.63, 3.8) is 0 Å². The Hall–Kier alpha value is -1.66. The third kappa shape index (κ3) is 6.15. The molecule has 0 aromatic carbocycles. The van der Waals surface area contributed by atoms with Crippen LogP contribution in [0.2, 0.25) is 0 Å². The Morgan fingerprint density at radius 2 is 2.22 bits per heavy atom. The highest BCUT2D eigenvalue weighted by atomic mass is 16.2. The van der Waals surface area contributed by atoms with Gasteiger partial charge in [0.2, 0.25) is 5.91 Å². The normalized spacial score (nSPS) is 18.3. The minimum absolute atomic E-state index is 0.123. The number of amides is 1. The van der Waals surface area contributed by atoms with Crippen LogP contribution in [0.4, 0.5) is 5.82 Å². The Balaban J connectivity index is 1.54. The van der Waals surface area contributed by atoms with Gasteiger partial charge in [-0.2, -0.15) is 0 Å². The summed E-state index contributed by atoms with van der Waals surface area (Å²) in [6.07, 6.45) is 3.89. The van der Waals surface area contributed by atoms with Crippen LogP contribution in [0.1, 0.15) is 18.4 Å². The fraction of sp³-hybridized carbons (Fsp3) is 0.647. The highest BCUT2D eigenvalue weighted by Gasteiger charge is 2.24. The van der Waals surface area contributed by atoms with E-state index in [0.717, 1.165) is 43.9 Å². The molecule has 0 unspecified atom stereocenters. The molecular weight excluding hydrogens is 290 g/mol. The van der Waals surface area contributed by atoms with Crippen LogP contribution in [-0.4, -0.2) is 73.6 Å². The molecular formula is C17H29N5O. The number of likely N-dealkylation sites (N-methyl/N-ethyl adjacent to an activating group) is 1. The molecule has 1 aliphatic rings. The van der Waals surface area contributed by atoms with Crippen LogP contribution >= 0.6 is 0 Å². The van der Waals surface area contributed by atoms with Crippen molar-refractivity contribution in [2.24, 2.45) is 0 Å². The zero-order chi connectivity index (χ0) is 16.7. The number of aromatic nitrogens is 1. The van der Waals surface area contributed by atoms with Crippen LogP contribution < -0.4 is 10.6 Å². The van der Waals surface area contributed by atoms with E-state index in [4.69, 9.17) is 0 Å². The lowest BCUT2D eigenvalue weighted by molar-refractivity contribution is -0.122. The second-order valence-corrected chi connectivity index (χ2v) is 6.49. The third-order valence-corrected chi connectivity index (χ3v) is 4.24. The van der Waals surface area contributed by atoms with Gasteiger partial charge in [0.1, 0.15) is 5.82 Å². The number of nitrogens with zero attached hydrogens (tertiary/aromatic N) is 3. The summed E-state index contributed by atoms with van der Waals surface area (Å²) in [7, 11) is 4.20. The quantitative estimate of drug-likeness (QED) is 0.699. The Morgan fingerprint density at radius 1 is 1.39 bits per heavy atom. The molecule has 6 heteroatoms. The Labute approximate surface area is 139 Å². The third-order valence-electron chi connectivity index (χ3n) is 4.24. The molecule has 23 heavy (non-hydrogen) atoms. The molecule has 1 amide bonds. The molecule has 1 aliphatic heterocycles. The summed E-state index contributed by atoms with van der Waals surface area (Å²) in [5.41, 5.74) is 1.15. The second-order valence-electron chi connectivity index (χ2n) is 6.49. The molecule has 128 valence electrons. The van der Waals surface area contributed by atoms with Gasteiger partial charge in [-0.1, -0.05) is 6.07 Å². The van der Waals surface area contributed by atoms with Crippen molar-refractivity contribution >= 4 is 11.7 Å². The molecule has 2 rings (SSSR count). The summed E-state index contributed by atoms with van der Waals surface area (Å²) >= 11 is 0. The number of hydrogen-bond donors (Lipinski definition) is 2. The smallest absolute Gasteiger partial charge is 0.234 e. The predicted molar refractivity (Wildman–Crippen MR) is 93.6 cm³/mol. The summed E-state index contributed by atoms with van der Waals surface area (Å²) in [5, 5.41) is 6.25. The average molecular weight is 319 g/mol. The summed E-state index contributed by atoms with van der Waals surface area (Å²) < 4.78 is 0. The molecule has 0 radical (unpaired) electrons. The van der Waals surface area contributed by atoms with Crippen molar-refractivity contribution in [1.29, 1.82) is 0 Å². The van der Waals surface area contributed by atoms with Crippen molar-refractivity contribution in [1.82, 2.24) is 20.1 Å². The van der Waals surface area contributed by atoms with Gasteiger partial charge in [0, 0.05) is 38.4 Å². The SMILES string of the molecule is Cc1ccc(NCCCNC(=O)CN2CC[C@H](N(C)C)C2)nc1. The number of hydrogen-bond acceptors (Lipinski definition) is 5. The number of aryl methyl sites for hydroxylation is 1. The maximum atomic E-state index is 11.9. The monoisotopic (exact) mass is 319 g/mol. The first-order chi connectivity index (χ1) is 11.0. The second kappa shape index (κ2) is 8.84. The lowest BCUT2D eigenvalue weighted by Gasteiger charge is -2.20. The predicted octanol–water partition coefficient (Wildman–Crippen LogP) is 0.944. The van der Waals surface area contributed by atoms with Crippen LogP contribution in [0.15, 0.2) is 18.3 Å². The van der Waals surface area contributed by atoms with Crippen LogP contribution in [0.25, 0.3) is 0 Å². The average Bonchev–Trinajstić information content (AvgIpc) is 2.97. The number of pyridine rings is 1. The first-order valence-corrected chi connectivity index (χ1v) is 8.36. The highest BCUT2D eigenvalue weighted by molar-refractivity contribution is 5.78. The van der Waals surface area contributed by atoms with Crippen molar-refractivity contribution in [2.75, 3.05) is 52.1 Å². The van der Waals surface area contributed by atoms with Crippen LogP contribution in [0.3, 0.4) is 0 Å². The number of rotatable bonds is 8. The molecule has 1 fully saturated rings. The summed E-state index contributed by atoms with van der Waals surface area (Å²) in [5.74, 6) is 1.01. The first-order valence-electron chi connectivity index (χ1n) is 8.36. The largest absolute Gasteiger partial charge is 0.370 e. The summed E-state index contributed by atoms with van der Waals surface area (Å²) in [6.45, 7) is 6.04. The van der Waals surface area contributed by atoms with Crippen LogP contribution in [0.5, 0.6) is 0 Å². The minimum Gasteiger partial charge on any atom is -0.370 e. The van der Waals surface area contributed by atoms with Crippen molar-refractivity contribution in [3.8, 4) is 0 Å². The maximum Gasteiger partial charge on any atom is 0.234 e. The van der Waals surface area contributed by atoms with E-state index in [-0.39, 0.29) is 5.91 Å². The van der Waals surface area contributed by atoms with Crippen LogP contribution in [0, 0.1) is 6.92 Å². The van der Waals surface area contributed by atoms with Gasteiger partial charge in [-0.25, -0.2) is 4.98 Å². The molecule has 2 N–H and O–H groups in total. The van der Waals surface area contributed by atoms with Crippen molar-refractivity contribution in [3.05, 3.63) is 23.9 Å². The fourth-order valence-corrected chi connectivity index (χ4v) is 2.74. The zero-order valence-electron chi connectivity index (χ0n) is 14.5. The van der Waals surface area contributed by atoms with E-state index in [1.54, 1.807) is 0 Å². The Bertz CT molecular complexity index is 488. The van der Waals surface area contributed by atoms with E-state index < -0.39 is 0 Å². The minimum atomic E-state index is 0.123. The van der Waals surface area contributed by atoms with Crippen LogP contribution in [-0.2, 0) is 4.79 Å². The van der Waals surface area contributed by atoms with E-state index in [9.17, 15) is 4.79 Å². The summed E-state index contributed by atoms with van der Waals surface area (Å²) in [4.78, 5) is 20.7. The molecule has 1 aromatic heterocycles. The molecule has 6 nitrogen and oxygen atoms in total. The van der Waals surface area contributed by atoms with Gasteiger partial charge in [0.15, 0.2) is 0 Å². The molecule has 1 aromatic rings. The van der Waals surface area contributed by atoms with Gasteiger partial charge < -0.3 is 15.5 Å². The van der Waals surface area contributed by atoms with Gasteiger partial charge in [-0.05, 0) is 45.5 Å². The molecule has 2 heterocycles. The van der Waals surface area contributed by atoms with Crippen molar-refractivity contribution < 1.29 is 4.79 Å². The van der Waals surface area contributed by atoms with Gasteiger partial charge >= 0.3 is 0 Å². The van der Waals surface area contributed by atoms with E-state index >= 15 is 0 Å². The van der Waals surface area contributed by atoms with Gasteiger partial charge in [-0.3, -0.25) is 9.69 Å². The van der Waals surface area contributed by atoms with Gasteiger partial charge in [0.25, 0.3) is 0 Å². The number of anilines is 1. The first kappa shape index (κ1) is 17.7. The zero-order valence-corrected chi connectivity index (χ0v) is 14.5. The Kier molecular flexibility index (Phi) is 6.80. The standard InChI is InChI=1S/C17H29N5O/c1-14-5-6-16(20-11-14)18-8-4-9-19-17(23)13-22-10-7-15(12-22)21(2)3/h5-6,11,15H,4,7-10,12-13H2,1-3H3,(H,18,20)(H,19,23)/t15-/m0/s1. The van der Waals surface area contributed by atoms with E-state index in [2.05, 4.69) is 39.5 Å². The van der Waals surface area contributed by atoms with E-state index in [0.29, 0.717) is 19.1 Å². The molecule has 0 bridgehead atoms. The number of carbonyl (C=O) groups excluding carboxylic acids is 1. The lowest BCUT2D eigenvalue weighted by Crippen LogP contribution is -2.38. The molecule has 0 saturated carbocycles. The van der Waals surface area contributed by atoms with E-state index in [1.165, 1.54) is 0 Å². The van der Waals surface area contributed by atoms with E-state index in [1.807, 2.05) is 25.3 Å². The van der Waals surface area contributed by atoms with Crippen molar-refractivity contribution in [2.45, 2.75) is 25.8 Å². The number of nitrogens with one attached hydrogen (secondary N) is 2. The molecule has 0 spiro atoms. The molecule has 1 saturated heterocycles. The maximum absolute atomic E-state index is 11.9. The molecule has 0 aliphatic carbocycles. The number of likely N-dealkylation sites (tertiary alicyclic amines) is 1. The Morgan fingerprint density at radius 3 is 2.87 bits per heavy atom. The van der Waals surface area contributed by atoms with Gasteiger partial charge in [-0.15, -0.1) is 0 Å².